The predicted octanol–water partition coefficient (Wildman–Crippen LogP) is 5.87. The highest BCUT2D eigenvalue weighted by Gasteiger charge is 2.38. The normalized spacial score (nSPS) is 21.2. The molecular formula is C30H32FN5O2. The molecule has 7 nitrogen and oxygen atoms in total. The minimum atomic E-state index is -1.50. The molecule has 0 radical (unpaired) electrons. The molecule has 1 amide bonds. The van der Waals surface area contributed by atoms with Crippen molar-refractivity contribution in [3.8, 4) is 17.5 Å². The Labute approximate surface area is 222 Å². The van der Waals surface area contributed by atoms with E-state index in [1.807, 2.05) is 13.0 Å². The van der Waals surface area contributed by atoms with Crippen LogP contribution in [0.25, 0.3) is 11.4 Å². The third-order valence-corrected chi connectivity index (χ3v) is 8.54. The van der Waals surface area contributed by atoms with E-state index in [4.69, 9.17) is 10.00 Å². The van der Waals surface area contributed by atoms with Gasteiger partial charge in [-0.3, -0.25) is 4.79 Å². The Morgan fingerprint density at radius 2 is 1.89 bits per heavy atom. The number of hydrogen-bond donors (Lipinski definition) is 1. The van der Waals surface area contributed by atoms with E-state index in [1.54, 1.807) is 29.2 Å². The lowest BCUT2D eigenvalue weighted by Gasteiger charge is -2.37. The van der Waals surface area contributed by atoms with E-state index in [2.05, 4.69) is 27.3 Å². The van der Waals surface area contributed by atoms with Gasteiger partial charge in [-0.25, -0.2) is 4.39 Å². The summed E-state index contributed by atoms with van der Waals surface area (Å²) < 4.78 is 21.6. The van der Waals surface area contributed by atoms with Gasteiger partial charge in [0.25, 0.3) is 5.91 Å². The number of carbonyl (C=O) groups excluding carboxylic acids is 1. The summed E-state index contributed by atoms with van der Waals surface area (Å²) in [7, 11) is 0. The van der Waals surface area contributed by atoms with Crippen molar-refractivity contribution in [1.82, 2.24) is 20.1 Å². The highest BCUT2D eigenvalue weighted by atomic mass is 19.1. The maximum absolute atomic E-state index is 15.8. The number of piperidine rings is 1. The van der Waals surface area contributed by atoms with E-state index in [0.717, 1.165) is 49.2 Å². The summed E-state index contributed by atoms with van der Waals surface area (Å²) in [5.41, 5.74) is 3.27. The number of aromatic amines is 1. The van der Waals surface area contributed by atoms with Gasteiger partial charge in [0.05, 0.1) is 11.6 Å². The van der Waals surface area contributed by atoms with Crippen LogP contribution in [-0.2, 0) is 10.4 Å². The lowest BCUT2D eigenvalue weighted by atomic mass is 9.77. The first-order chi connectivity index (χ1) is 18.4. The standard InChI is InChI=1S/C30H32FN5O2/c1-19-16-24(21-4-2-5-21)25(27-33-28(35-34-27)26-6-3-15-38-26)17-23(19)29(37)36-13-11-30(31,12-14-36)22-9-7-20(18-32)8-10-22/h7-10,16-17,21,26H,2-6,11-15H2,1H3,(H,33,34,35). The first-order valence-electron chi connectivity index (χ1n) is 13.6. The fourth-order valence-electron chi connectivity index (χ4n) is 5.92. The van der Waals surface area contributed by atoms with E-state index in [9.17, 15) is 4.79 Å². The molecule has 6 rings (SSSR count). The molecule has 8 heteroatoms. The van der Waals surface area contributed by atoms with Crippen molar-refractivity contribution in [2.75, 3.05) is 19.7 Å². The number of alkyl halides is 1. The molecule has 3 aliphatic rings. The zero-order chi connectivity index (χ0) is 26.3. The molecule has 1 saturated carbocycles. The Balaban J connectivity index is 1.25. The number of halogens is 1. The molecule has 1 N–H and O–H groups in total. The Bertz CT molecular complexity index is 1370. The summed E-state index contributed by atoms with van der Waals surface area (Å²) >= 11 is 0. The van der Waals surface area contributed by atoms with Crippen LogP contribution in [-0.4, -0.2) is 45.7 Å². The average Bonchev–Trinajstić information content (AvgIpc) is 3.61. The molecule has 1 aromatic heterocycles. The van der Waals surface area contributed by atoms with Crippen LogP contribution in [0.4, 0.5) is 4.39 Å². The topological polar surface area (TPSA) is 94.9 Å². The molecule has 0 bridgehead atoms. The first-order valence-corrected chi connectivity index (χ1v) is 13.6. The van der Waals surface area contributed by atoms with E-state index in [0.29, 0.717) is 41.5 Å². The van der Waals surface area contributed by atoms with Crippen molar-refractivity contribution < 1.29 is 13.9 Å². The second-order valence-electron chi connectivity index (χ2n) is 10.9. The number of ether oxygens (including phenoxy) is 1. The third kappa shape index (κ3) is 4.49. The van der Waals surface area contributed by atoms with Crippen molar-refractivity contribution in [2.45, 2.75) is 69.6 Å². The lowest BCUT2D eigenvalue weighted by Crippen LogP contribution is -2.43. The molecule has 2 aliphatic heterocycles. The van der Waals surface area contributed by atoms with Gasteiger partial charge in [0.1, 0.15) is 11.8 Å². The number of nitriles is 1. The van der Waals surface area contributed by atoms with Crippen molar-refractivity contribution in [3.63, 3.8) is 0 Å². The molecule has 1 atom stereocenters. The number of nitrogens with zero attached hydrogens (tertiary/aromatic N) is 4. The summed E-state index contributed by atoms with van der Waals surface area (Å²) in [6.07, 6.45) is 5.81. The zero-order valence-corrected chi connectivity index (χ0v) is 21.7. The Hall–Kier alpha value is -3.57. The van der Waals surface area contributed by atoms with E-state index < -0.39 is 5.67 Å². The van der Waals surface area contributed by atoms with Gasteiger partial charge in [-0.05, 0) is 73.4 Å². The fourth-order valence-corrected chi connectivity index (χ4v) is 5.92. The maximum Gasteiger partial charge on any atom is 0.254 e. The number of nitrogens with one attached hydrogen (secondary N) is 1. The minimum Gasteiger partial charge on any atom is -0.370 e. The molecule has 1 aliphatic carbocycles. The summed E-state index contributed by atoms with van der Waals surface area (Å²) in [5.74, 6) is 1.79. The van der Waals surface area contributed by atoms with Gasteiger partial charge < -0.3 is 14.6 Å². The molecule has 196 valence electrons. The summed E-state index contributed by atoms with van der Waals surface area (Å²) in [6.45, 7) is 3.38. The van der Waals surface area contributed by atoms with Crippen molar-refractivity contribution >= 4 is 5.91 Å². The highest BCUT2D eigenvalue weighted by Crippen LogP contribution is 2.43. The van der Waals surface area contributed by atoms with Crippen LogP contribution in [0.3, 0.4) is 0 Å². The number of carbonyl (C=O) groups is 1. The molecule has 2 saturated heterocycles. The number of rotatable bonds is 5. The number of hydrogen-bond acceptors (Lipinski definition) is 5. The van der Waals surface area contributed by atoms with Gasteiger partial charge in [-0.15, -0.1) is 10.2 Å². The second kappa shape index (κ2) is 9.95. The predicted molar refractivity (Wildman–Crippen MR) is 140 cm³/mol. The zero-order valence-electron chi connectivity index (χ0n) is 21.7. The molecule has 3 aromatic rings. The Kier molecular flexibility index (Phi) is 6.48. The second-order valence-corrected chi connectivity index (χ2v) is 10.9. The first kappa shape index (κ1) is 24.7. The van der Waals surface area contributed by atoms with Gasteiger partial charge in [0, 0.05) is 43.7 Å². The molecule has 2 aromatic carbocycles. The fraction of sp³-hybridized carbons (Fsp3) is 0.467. The van der Waals surface area contributed by atoms with Crippen molar-refractivity contribution in [2.24, 2.45) is 0 Å². The number of benzene rings is 2. The number of amides is 1. The monoisotopic (exact) mass is 513 g/mol. The number of H-pyrrole nitrogens is 1. The van der Waals surface area contributed by atoms with Gasteiger partial charge in [-0.1, -0.05) is 24.6 Å². The smallest absolute Gasteiger partial charge is 0.254 e. The van der Waals surface area contributed by atoms with Crippen LogP contribution in [0.5, 0.6) is 0 Å². The van der Waals surface area contributed by atoms with E-state index >= 15 is 4.39 Å². The number of likely N-dealkylation sites (tertiary alicyclic amines) is 1. The van der Waals surface area contributed by atoms with Gasteiger partial charge in [-0.2, -0.15) is 5.26 Å². The molecular weight excluding hydrogens is 481 g/mol. The third-order valence-electron chi connectivity index (χ3n) is 8.54. The molecule has 1 unspecified atom stereocenters. The van der Waals surface area contributed by atoms with Crippen molar-refractivity contribution in [3.05, 3.63) is 70.0 Å². The number of aromatic nitrogens is 3. The Morgan fingerprint density at radius 1 is 1.13 bits per heavy atom. The van der Waals surface area contributed by atoms with Crippen molar-refractivity contribution in [1.29, 1.82) is 5.26 Å². The largest absolute Gasteiger partial charge is 0.370 e. The number of aryl methyl sites for hydroxylation is 1. The quantitative estimate of drug-likeness (QED) is 0.460. The summed E-state index contributed by atoms with van der Waals surface area (Å²) in [6, 6.07) is 12.8. The summed E-state index contributed by atoms with van der Waals surface area (Å²) in [5, 5.41) is 17.9. The lowest BCUT2D eigenvalue weighted by molar-refractivity contribution is 0.0421. The maximum atomic E-state index is 15.8. The summed E-state index contributed by atoms with van der Waals surface area (Å²) in [4.78, 5) is 18.8. The van der Waals surface area contributed by atoms with E-state index in [-0.39, 0.29) is 24.9 Å². The van der Waals surface area contributed by atoms with Crippen LogP contribution in [0, 0.1) is 18.3 Å². The average molecular weight is 514 g/mol. The molecule has 38 heavy (non-hydrogen) atoms. The van der Waals surface area contributed by atoms with Gasteiger partial charge >= 0.3 is 0 Å². The van der Waals surface area contributed by atoms with Crippen LogP contribution in [0.15, 0.2) is 36.4 Å². The molecule has 3 heterocycles. The molecule has 0 spiro atoms. The van der Waals surface area contributed by atoms with Crippen LogP contribution >= 0.6 is 0 Å². The van der Waals surface area contributed by atoms with Crippen LogP contribution < -0.4 is 0 Å². The highest BCUT2D eigenvalue weighted by molar-refractivity contribution is 5.97. The van der Waals surface area contributed by atoms with Crippen LogP contribution in [0.1, 0.15) is 95.4 Å². The van der Waals surface area contributed by atoms with Crippen LogP contribution in [0.2, 0.25) is 0 Å². The Morgan fingerprint density at radius 3 is 2.53 bits per heavy atom. The minimum absolute atomic E-state index is 0.0552. The SMILES string of the molecule is Cc1cc(C2CCC2)c(-c2nnc(C3CCCO3)[nH]2)cc1C(=O)N1CCC(F)(c2ccc(C#N)cc2)CC1. The molecule has 3 fully saturated rings. The van der Waals surface area contributed by atoms with E-state index in [1.165, 1.54) is 12.0 Å². The van der Waals surface area contributed by atoms with Gasteiger partial charge in [0.15, 0.2) is 11.6 Å². The van der Waals surface area contributed by atoms with Gasteiger partial charge in [0.2, 0.25) is 0 Å².